The average molecular weight is 338 g/mol. The molecule has 0 amide bonds. The van der Waals surface area contributed by atoms with E-state index in [1.807, 2.05) is 6.92 Å². The van der Waals surface area contributed by atoms with Crippen molar-refractivity contribution in [2.45, 2.75) is 26.4 Å². The highest BCUT2D eigenvalue weighted by atomic mass is 32.1. The van der Waals surface area contributed by atoms with E-state index in [0.29, 0.717) is 19.1 Å². The van der Waals surface area contributed by atoms with E-state index < -0.39 is 5.97 Å². The summed E-state index contributed by atoms with van der Waals surface area (Å²) in [5.41, 5.74) is 1.16. The maximum absolute atomic E-state index is 11.5. The van der Waals surface area contributed by atoms with Crippen molar-refractivity contribution in [2.75, 3.05) is 45.8 Å². The summed E-state index contributed by atoms with van der Waals surface area (Å²) in [7, 11) is 0. The minimum absolute atomic E-state index is 0.271. The molecule has 1 aromatic rings. The Bertz CT molecular complexity index is 550. The van der Waals surface area contributed by atoms with Crippen molar-refractivity contribution in [1.82, 2.24) is 19.7 Å². The molecule has 0 bridgehead atoms. The molecule has 2 unspecified atom stereocenters. The van der Waals surface area contributed by atoms with Crippen LogP contribution in [0.2, 0.25) is 0 Å². The highest BCUT2D eigenvalue weighted by molar-refractivity contribution is 7.09. The number of carboxylic acids is 1. The summed E-state index contributed by atoms with van der Waals surface area (Å²) in [5.74, 6) is -0.933. The lowest BCUT2D eigenvalue weighted by Crippen LogP contribution is -2.55. The van der Waals surface area contributed by atoms with Gasteiger partial charge in [-0.15, -0.1) is 11.3 Å². The van der Waals surface area contributed by atoms with E-state index in [-0.39, 0.29) is 5.92 Å². The number of likely N-dealkylation sites (N-methyl/N-ethyl adjacent to an activating group) is 1. The molecule has 0 spiro atoms. The van der Waals surface area contributed by atoms with Gasteiger partial charge in [0.05, 0.1) is 16.6 Å². The number of aliphatic carboxylic acids is 1. The molecule has 0 aromatic carbocycles. The second-order valence-corrected chi connectivity index (χ2v) is 7.69. The van der Waals surface area contributed by atoms with Crippen LogP contribution in [-0.2, 0) is 11.3 Å². The van der Waals surface area contributed by atoms with Crippen LogP contribution in [0.25, 0.3) is 0 Å². The number of hydrogen-bond donors (Lipinski definition) is 1. The predicted molar refractivity (Wildman–Crippen MR) is 90.7 cm³/mol. The summed E-state index contributed by atoms with van der Waals surface area (Å²) >= 11 is 1.70. The topological polar surface area (TPSA) is 59.9 Å². The first kappa shape index (κ1) is 16.8. The van der Waals surface area contributed by atoms with Gasteiger partial charge in [-0.1, -0.05) is 6.92 Å². The summed E-state index contributed by atoms with van der Waals surface area (Å²) in [6, 6.07) is 0.424. The van der Waals surface area contributed by atoms with Crippen LogP contribution in [0, 0.1) is 12.8 Å². The van der Waals surface area contributed by atoms with E-state index in [1.54, 1.807) is 11.3 Å². The Morgan fingerprint density at radius 2 is 2.09 bits per heavy atom. The number of piperazine rings is 1. The molecule has 2 saturated heterocycles. The lowest BCUT2D eigenvalue weighted by atomic mass is 10.1. The van der Waals surface area contributed by atoms with Crippen LogP contribution in [0.4, 0.5) is 0 Å². The van der Waals surface area contributed by atoms with Gasteiger partial charge in [0.1, 0.15) is 0 Å². The van der Waals surface area contributed by atoms with Gasteiger partial charge < -0.3 is 10.0 Å². The van der Waals surface area contributed by atoms with Crippen molar-refractivity contribution in [2.24, 2.45) is 5.92 Å². The van der Waals surface area contributed by atoms with Crippen molar-refractivity contribution in [1.29, 1.82) is 0 Å². The summed E-state index contributed by atoms with van der Waals surface area (Å²) in [5, 5.41) is 12.7. The van der Waals surface area contributed by atoms with Crippen LogP contribution in [0.5, 0.6) is 0 Å². The number of thiazole rings is 1. The first-order chi connectivity index (χ1) is 11.0. The molecule has 6 nitrogen and oxygen atoms in total. The fourth-order valence-corrected chi connectivity index (χ4v) is 4.27. The Kier molecular flexibility index (Phi) is 5.31. The summed E-state index contributed by atoms with van der Waals surface area (Å²) in [6.45, 7) is 11.2. The van der Waals surface area contributed by atoms with E-state index in [9.17, 15) is 9.90 Å². The quantitative estimate of drug-likeness (QED) is 0.883. The second-order valence-electron chi connectivity index (χ2n) is 6.63. The van der Waals surface area contributed by atoms with Gasteiger partial charge in [-0.25, -0.2) is 4.98 Å². The van der Waals surface area contributed by atoms with Gasteiger partial charge in [0.15, 0.2) is 0 Å². The van der Waals surface area contributed by atoms with Crippen LogP contribution >= 0.6 is 11.3 Å². The van der Waals surface area contributed by atoms with Crippen LogP contribution in [-0.4, -0.2) is 82.6 Å². The van der Waals surface area contributed by atoms with Gasteiger partial charge in [-0.2, -0.15) is 0 Å². The fraction of sp³-hybridized carbons (Fsp3) is 0.750. The van der Waals surface area contributed by atoms with Crippen LogP contribution in [0.1, 0.15) is 17.6 Å². The third kappa shape index (κ3) is 4.09. The standard InChI is InChI=1S/C16H26N4O2S/c1-3-18-6-13(16(21)22)7-20-5-4-19(10-15(20)9-18)8-14-11-23-12(2)17-14/h11,13,15H,3-10H2,1-2H3,(H,21,22). The van der Waals surface area contributed by atoms with Crippen molar-refractivity contribution in [3.8, 4) is 0 Å². The van der Waals surface area contributed by atoms with Crippen molar-refractivity contribution in [3.05, 3.63) is 16.1 Å². The van der Waals surface area contributed by atoms with Gasteiger partial charge in [-0.3, -0.25) is 14.6 Å². The zero-order chi connectivity index (χ0) is 16.4. The van der Waals surface area contributed by atoms with Crippen molar-refractivity contribution < 1.29 is 9.90 Å². The molecule has 2 fully saturated rings. The molecular weight excluding hydrogens is 312 g/mol. The first-order valence-corrected chi connectivity index (χ1v) is 9.25. The molecule has 0 aliphatic carbocycles. The fourth-order valence-electron chi connectivity index (χ4n) is 3.66. The maximum Gasteiger partial charge on any atom is 0.309 e. The molecule has 2 aliphatic heterocycles. The zero-order valence-electron chi connectivity index (χ0n) is 13.9. The van der Waals surface area contributed by atoms with Crippen molar-refractivity contribution in [3.63, 3.8) is 0 Å². The summed E-state index contributed by atoms with van der Waals surface area (Å²) < 4.78 is 0. The van der Waals surface area contributed by atoms with Crippen LogP contribution in [0.3, 0.4) is 0 Å². The van der Waals surface area contributed by atoms with Gasteiger partial charge in [0, 0.05) is 57.2 Å². The Morgan fingerprint density at radius 1 is 1.30 bits per heavy atom. The van der Waals surface area contributed by atoms with E-state index in [0.717, 1.165) is 50.0 Å². The van der Waals surface area contributed by atoms with Gasteiger partial charge in [-0.05, 0) is 13.5 Å². The predicted octanol–water partition coefficient (Wildman–Crippen LogP) is 0.974. The molecule has 3 rings (SSSR count). The highest BCUT2D eigenvalue weighted by Crippen LogP contribution is 2.20. The number of rotatable bonds is 4. The molecule has 0 saturated carbocycles. The largest absolute Gasteiger partial charge is 0.481 e. The monoisotopic (exact) mass is 338 g/mol. The number of carbonyl (C=O) groups is 1. The number of fused-ring (bicyclic) bond motifs is 1. The van der Waals surface area contributed by atoms with Crippen molar-refractivity contribution >= 4 is 17.3 Å². The van der Waals surface area contributed by atoms with E-state index in [2.05, 4.69) is 32.0 Å². The third-order valence-electron chi connectivity index (χ3n) is 4.94. The lowest BCUT2D eigenvalue weighted by molar-refractivity contribution is -0.142. The molecule has 2 atom stereocenters. The Morgan fingerprint density at radius 3 is 2.74 bits per heavy atom. The Hall–Kier alpha value is -1.02. The first-order valence-electron chi connectivity index (χ1n) is 8.37. The molecule has 128 valence electrons. The van der Waals surface area contributed by atoms with E-state index in [4.69, 9.17) is 0 Å². The molecule has 0 radical (unpaired) electrons. The maximum atomic E-state index is 11.5. The lowest BCUT2D eigenvalue weighted by Gasteiger charge is -2.41. The number of aryl methyl sites for hydroxylation is 1. The Balaban J connectivity index is 1.65. The van der Waals surface area contributed by atoms with Gasteiger partial charge >= 0.3 is 5.97 Å². The highest BCUT2D eigenvalue weighted by Gasteiger charge is 2.35. The second kappa shape index (κ2) is 7.25. The van der Waals surface area contributed by atoms with Crippen LogP contribution in [0.15, 0.2) is 5.38 Å². The van der Waals surface area contributed by atoms with Gasteiger partial charge in [0.2, 0.25) is 0 Å². The molecule has 2 aliphatic rings. The molecule has 1 aromatic heterocycles. The third-order valence-corrected chi connectivity index (χ3v) is 5.76. The minimum Gasteiger partial charge on any atom is -0.481 e. The minimum atomic E-state index is -0.663. The van der Waals surface area contributed by atoms with Crippen LogP contribution < -0.4 is 0 Å². The number of nitrogens with zero attached hydrogens (tertiary/aromatic N) is 4. The normalized spacial score (nSPS) is 27.6. The molecule has 23 heavy (non-hydrogen) atoms. The average Bonchev–Trinajstić information content (AvgIpc) is 2.82. The summed E-state index contributed by atoms with van der Waals surface area (Å²) in [4.78, 5) is 23.2. The van der Waals surface area contributed by atoms with E-state index in [1.165, 1.54) is 0 Å². The molecule has 7 heteroatoms. The van der Waals surface area contributed by atoms with E-state index >= 15 is 0 Å². The molecule has 3 heterocycles. The number of aromatic nitrogens is 1. The molecular formula is C16H26N4O2S. The molecule has 1 N–H and O–H groups in total. The smallest absolute Gasteiger partial charge is 0.309 e. The number of hydrogen-bond acceptors (Lipinski definition) is 6. The number of carboxylic acid groups (broad SMARTS) is 1. The Labute approximate surface area is 141 Å². The summed E-state index contributed by atoms with van der Waals surface area (Å²) in [6.07, 6.45) is 0. The SMILES string of the molecule is CCN1CC(C(=O)O)CN2CCN(Cc3csc(C)n3)CC2C1. The van der Waals surface area contributed by atoms with Gasteiger partial charge in [0.25, 0.3) is 0 Å². The zero-order valence-corrected chi connectivity index (χ0v) is 14.8.